The van der Waals surface area contributed by atoms with Crippen LogP contribution in [0.4, 0.5) is 0 Å². The lowest BCUT2D eigenvalue weighted by Crippen LogP contribution is -2.20. The fourth-order valence-electron chi connectivity index (χ4n) is 0.296. The topological polar surface area (TPSA) is 63.6 Å². The normalized spacial score (nSPS) is 15.1. The zero-order valence-electron chi connectivity index (χ0n) is 5.45. The predicted octanol–water partition coefficient (Wildman–Crippen LogP) is 0.476. The van der Waals surface area contributed by atoms with Crippen molar-refractivity contribution in [3.8, 4) is 0 Å². The van der Waals surface area contributed by atoms with Gasteiger partial charge in [0.05, 0.1) is 6.61 Å². The Balaban J connectivity index is 3.75. The van der Waals surface area contributed by atoms with Crippen molar-refractivity contribution in [2.75, 3.05) is 12.5 Å². The Kier molecular flexibility index (Phi) is 4.19. The molecule has 1 unspecified atom stereocenters. The fourth-order valence-corrected chi connectivity index (χ4v) is 0.654. The molecule has 1 N–H and O–H groups in total. The van der Waals surface area contributed by atoms with Crippen LogP contribution in [0.5, 0.6) is 0 Å². The fraction of sp³-hybridized carbons (Fsp3) is 1.00. The molecule has 0 radical (unpaired) electrons. The van der Waals surface area contributed by atoms with Crippen molar-refractivity contribution in [2.24, 2.45) is 0 Å². The maximum atomic E-state index is 10.2. The molecule has 0 rings (SSSR count). The largest absolute Gasteiger partial charge is 0.359 e. The number of halogens is 1. The van der Waals surface area contributed by atoms with Gasteiger partial charge in [-0.3, -0.25) is 4.55 Å². The van der Waals surface area contributed by atoms with Crippen LogP contribution in [0.25, 0.3) is 0 Å². The van der Waals surface area contributed by atoms with Gasteiger partial charge < -0.3 is 4.74 Å². The molecule has 6 heteroatoms. The molecule has 0 aliphatic rings. The van der Waals surface area contributed by atoms with Gasteiger partial charge in [-0.05, 0) is 6.92 Å². The van der Waals surface area contributed by atoms with Crippen LogP contribution in [0.1, 0.15) is 6.92 Å². The van der Waals surface area contributed by atoms with Crippen LogP contribution in [0.3, 0.4) is 0 Å². The number of ether oxygens (including phenoxy) is 1. The van der Waals surface area contributed by atoms with Gasteiger partial charge >= 0.3 is 0 Å². The van der Waals surface area contributed by atoms with Crippen molar-refractivity contribution in [2.45, 2.75) is 12.4 Å². The molecule has 62 valence electrons. The van der Waals surface area contributed by atoms with E-state index in [4.69, 9.17) is 16.2 Å². The molecule has 0 heterocycles. The van der Waals surface area contributed by atoms with Crippen molar-refractivity contribution in [1.82, 2.24) is 0 Å². The van der Waals surface area contributed by atoms with Crippen molar-refractivity contribution < 1.29 is 17.7 Å². The van der Waals surface area contributed by atoms with Gasteiger partial charge in [-0.1, -0.05) is 0 Å². The van der Waals surface area contributed by atoms with Crippen LogP contribution in [-0.2, 0) is 14.9 Å². The van der Waals surface area contributed by atoms with E-state index in [0.717, 1.165) is 0 Å². The summed E-state index contributed by atoms with van der Waals surface area (Å²) in [6, 6.07) is 0. The van der Waals surface area contributed by atoms with Gasteiger partial charge in [-0.15, -0.1) is 11.6 Å². The van der Waals surface area contributed by atoms with E-state index in [9.17, 15) is 8.42 Å². The second kappa shape index (κ2) is 4.12. The van der Waals surface area contributed by atoms with Gasteiger partial charge in [0.2, 0.25) is 0 Å². The third-order valence-corrected chi connectivity index (χ3v) is 1.98. The van der Waals surface area contributed by atoms with E-state index in [1.807, 2.05) is 0 Å². The van der Waals surface area contributed by atoms with E-state index in [1.54, 1.807) is 0 Å². The Morgan fingerprint density at radius 2 is 2.20 bits per heavy atom. The minimum Gasteiger partial charge on any atom is -0.359 e. The Labute approximate surface area is 64.9 Å². The van der Waals surface area contributed by atoms with Crippen LogP contribution in [0.2, 0.25) is 0 Å². The summed E-state index contributed by atoms with van der Waals surface area (Å²) in [6.45, 7) is 1.35. The van der Waals surface area contributed by atoms with E-state index >= 15 is 0 Å². The molecule has 1 atom stereocenters. The third kappa shape index (κ3) is 4.05. The highest BCUT2D eigenvalue weighted by Crippen LogP contribution is 1.98. The summed E-state index contributed by atoms with van der Waals surface area (Å²) in [6.07, 6.45) is 0. The number of hydrogen-bond donors (Lipinski definition) is 1. The first-order valence-corrected chi connectivity index (χ1v) is 4.66. The molecule has 0 fully saturated rings. The molecule has 4 nitrogen and oxygen atoms in total. The number of rotatable bonds is 4. The lowest BCUT2D eigenvalue weighted by molar-refractivity contribution is 0.124. The van der Waals surface area contributed by atoms with E-state index in [0.29, 0.717) is 0 Å². The molecule has 0 aromatic rings. The van der Waals surface area contributed by atoms with Crippen LogP contribution in [0.15, 0.2) is 0 Å². The second-order valence-corrected chi connectivity index (χ2v) is 3.71. The second-order valence-electron chi connectivity index (χ2n) is 1.64. The molecule has 0 spiro atoms. The lowest BCUT2D eigenvalue weighted by Gasteiger charge is -2.06. The highest BCUT2D eigenvalue weighted by molar-refractivity contribution is 7.86. The molecule has 0 saturated carbocycles. The lowest BCUT2D eigenvalue weighted by atomic mass is 10.8. The van der Waals surface area contributed by atoms with E-state index in [-0.39, 0.29) is 12.5 Å². The molecule has 0 aromatic heterocycles. The summed E-state index contributed by atoms with van der Waals surface area (Å²) in [5.41, 5.74) is -1.19. The maximum absolute atomic E-state index is 10.2. The Morgan fingerprint density at radius 1 is 1.70 bits per heavy atom. The molecule has 0 amide bonds. The molecule has 0 aliphatic heterocycles. The summed E-state index contributed by atoms with van der Waals surface area (Å²) >= 11 is 5.19. The first kappa shape index (κ1) is 10.2. The van der Waals surface area contributed by atoms with Crippen LogP contribution < -0.4 is 0 Å². The average molecular weight is 189 g/mol. The number of hydrogen-bond acceptors (Lipinski definition) is 3. The zero-order chi connectivity index (χ0) is 8.20. The zero-order valence-corrected chi connectivity index (χ0v) is 7.02. The first-order chi connectivity index (χ1) is 4.48. The summed E-state index contributed by atoms with van der Waals surface area (Å²) in [5.74, 6) is 0.208. The van der Waals surface area contributed by atoms with Crippen LogP contribution in [0, 0.1) is 0 Å². The van der Waals surface area contributed by atoms with Crippen molar-refractivity contribution >= 4 is 21.7 Å². The minimum absolute atomic E-state index is 0.114. The van der Waals surface area contributed by atoms with Gasteiger partial charge in [-0.2, -0.15) is 8.42 Å². The summed E-state index contributed by atoms with van der Waals surface area (Å²) in [7, 11) is -4.06. The highest BCUT2D eigenvalue weighted by Gasteiger charge is 2.16. The van der Waals surface area contributed by atoms with E-state index in [2.05, 4.69) is 4.74 Å². The summed E-state index contributed by atoms with van der Waals surface area (Å²) < 4.78 is 33.4. The Hall–Kier alpha value is 0.160. The van der Waals surface area contributed by atoms with Crippen molar-refractivity contribution in [3.63, 3.8) is 0 Å². The predicted molar refractivity (Wildman–Crippen MR) is 37.7 cm³/mol. The number of alkyl halides is 1. The molecule has 10 heavy (non-hydrogen) atoms. The summed E-state index contributed by atoms with van der Waals surface area (Å²) in [4.78, 5) is 0. The average Bonchev–Trinajstić information content (AvgIpc) is 1.80. The Bertz CT molecular complexity index is 176. The van der Waals surface area contributed by atoms with Gasteiger partial charge in [0.25, 0.3) is 10.1 Å². The van der Waals surface area contributed by atoms with Crippen molar-refractivity contribution in [1.29, 1.82) is 0 Å². The molecular weight excluding hydrogens is 180 g/mol. The van der Waals surface area contributed by atoms with E-state index in [1.165, 1.54) is 6.92 Å². The van der Waals surface area contributed by atoms with Crippen LogP contribution >= 0.6 is 11.6 Å². The minimum atomic E-state index is -4.06. The van der Waals surface area contributed by atoms with E-state index < -0.39 is 15.6 Å². The molecular formula is C4H9ClO4S. The molecule has 0 bridgehead atoms. The van der Waals surface area contributed by atoms with Gasteiger partial charge in [0.15, 0.2) is 5.44 Å². The van der Waals surface area contributed by atoms with Crippen molar-refractivity contribution in [3.05, 3.63) is 0 Å². The smallest absolute Gasteiger partial charge is 0.291 e. The quantitative estimate of drug-likeness (QED) is 0.515. The first-order valence-electron chi connectivity index (χ1n) is 2.62. The van der Waals surface area contributed by atoms with Gasteiger partial charge in [0, 0.05) is 5.88 Å². The Morgan fingerprint density at radius 3 is 2.50 bits per heavy atom. The highest BCUT2D eigenvalue weighted by atomic mass is 35.5. The molecule has 0 aromatic carbocycles. The standard InChI is InChI=1S/C4H9ClO4S/c1-4(9-3-2-5)10(6,7)8/h4H,2-3H2,1H3,(H,6,7,8). The van der Waals surface area contributed by atoms with Crippen LogP contribution in [-0.4, -0.2) is 30.9 Å². The third-order valence-electron chi connectivity index (χ3n) is 0.849. The summed E-state index contributed by atoms with van der Waals surface area (Å²) in [5, 5.41) is 0. The maximum Gasteiger partial charge on any atom is 0.291 e. The van der Waals surface area contributed by atoms with Gasteiger partial charge in [-0.25, -0.2) is 0 Å². The molecule has 0 saturated heterocycles. The monoisotopic (exact) mass is 188 g/mol. The van der Waals surface area contributed by atoms with Gasteiger partial charge in [0.1, 0.15) is 0 Å². The molecule has 0 aliphatic carbocycles. The SMILES string of the molecule is CC(OCCCl)S(=O)(=O)O.